The molecule has 0 spiro atoms. The van der Waals surface area contributed by atoms with Crippen molar-refractivity contribution in [2.45, 2.75) is 38.9 Å². The summed E-state index contributed by atoms with van der Waals surface area (Å²) in [5, 5.41) is 10.9. The lowest BCUT2D eigenvalue weighted by molar-refractivity contribution is 0.00578. The number of rotatable bonds is 3. The second kappa shape index (κ2) is 9.02. The molecule has 6 aromatic rings. The molecule has 4 heteroatoms. The van der Waals surface area contributed by atoms with Crippen molar-refractivity contribution < 1.29 is 9.31 Å². The molecule has 42 heavy (non-hydrogen) atoms. The van der Waals surface area contributed by atoms with Gasteiger partial charge >= 0.3 is 7.12 Å². The third-order valence-electron chi connectivity index (χ3n) is 10.00. The first-order valence-corrected chi connectivity index (χ1v) is 16.9. The van der Waals surface area contributed by atoms with Crippen LogP contribution < -0.4 is 26.2 Å². The molecule has 0 saturated carbocycles. The van der Waals surface area contributed by atoms with E-state index in [0.717, 1.165) is 5.46 Å². The molecule has 2 aliphatic heterocycles. The van der Waals surface area contributed by atoms with Crippen LogP contribution in [0, 0.1) is 0 Å². The van der Waals surface area contributed by atoms with E-state index >= 15 is 0 Å². The molecule has 0 bridgehead atoms. The van der Waals surface area contributed by atoms with Gasteiger partial charge in [-0.3, -0.25) is 0 Å². The number of hydrogen-bond donors (Lipinski definition) is 0. The van der Waals surface area contributed by atoms with Crippen LogP contribution in [0.5, 0.6) is 0 Å². The molecule has 0 unspecified atom stereocenters. The van der Waals surface area contributed by atoms with Crippen molar-refractivity contribution in [1.29, 1.82) is 0 Å². The fourth-order valence-corrected chi connectivity index (χ4v) is 13.0. The van der Waals surface area contributed by atoms with Gasteiger partial charge in [-0.05, 0) is 86.6 Å². The highest BCUT2D eigenvalue weighted by Crippen LogP contribution is 2.38. The van der Waals surface area contributed by atoms with Crippen molar-refractivity contribution in [3.8, 4) is 11.1 Å². The van der Waals surface area contributed by atoms with Crippen LogP contribution in [0.4, 0.5) is 0 Å². The summed E-state index contributed by atoms with van der Waals surface area (Å²) in [5.74, 6) is 0. The van der Waals surface area contributed by atoms with Crippen molar-refractivity contribution in [3.05, 3.63) is 127 Å². The molecule has 2 aliphatic rings. The van der Waals surface area contributed by atoms with Crippen LogP contribution >= 0.6 is 0 Å². The zero-order chi connectivity index (χ0) is 28.7. The van der Waals surface area contributed by atoms with Gasteiger partial charge in [0.25, 0.3) is 0 Å². The van der Waals surface area contributed by atoms with Crippen molar-refractivity contribution in [2.24, 2.45) is 0 Å². The second-order valence-electron chi connectivity index (χ2n) is 12.7. The fourth-order valence-electron chi connectivity index (χ4n) is 7.35. The summed E-state index contributed by atoms with van der Waals surface area (Å²) in [6, 6.07) is 47.4. The van der Waals surface area contributed by atoms with E-state index in [4.69, 9.17) is 9.31 Å². The molecule has 0 atom stereocenters. The minimum absolute atomic E-state index is 0.418. The molecule has 1 saturated heterocycles. The Morgan fingerprint density at radius 3 is 1.55 bits per heavy atom. The molecule has 2 heterocycles. The largest absolute Gasteiger partial charge is 0.495 e. The van der Waals surface area contributed by atoms with Crippen molar-refractivity contribution in [2.75, 3.05) is 0 Å². The first-order valence-electron chi connectivity index (χ1n) is 14.9. The number of hydrogen-bond acceptors (Lipinski definition) is 2. The van der Waals surface area contributed by atoms with Gasteiger partial charge in [0, 0.05) is 0 Å². The van der Waals surface area contributed by atoms with Crippen LogP contribution in [0.1, 0.15) is 27.7 Å². The maximum absolute atomic E-state index is 6.70. The lowest BCUT2D eigenvalue weighted by Crippen LogP contribution is -2.73. The maximum atomic E-state index is 6.70. The Kier molecular flexibility index (Phi) is 5.52. The van der Waals surface area contributed by atoms with Crippen molar-refractivity contribution >= 4 is 62.9 Å². The Balaban J connectivity index is 1.54. The van der Waals surface area contributed by atoms with Crippen LogP contribution in [-0.2, 0) is 9.31 Å². The minimum atomic E-state index is -2.82. The molecular weight excluding hydrogens is 527 g/mol. The summed E-state index contributed by atoms with van der Waals surface area (Å²) in [7, 11) is -3.26. The third-order valence-corrected chi connectivity index (χ3v) is 15.0. The van der Waals surface area contributed by atoms with Gasteiger partial charge in [-0.25, -0.2) is 0 Å². The van der Waals surface area contributed by atoms with Crippen LogP contribution in [0.15, 0.2) is 127 Å². The van der Waals surface area contributed by atoms with Gasteiger partial charge in [-0.2, -0.15) is 0 Å². The molecule has 1 fully saturated rings. The van der Waals surface area contributed by atoms with E-state index in [1.165, 1.54) is 53.4 Å². The van der Waals surface area contributed by atoms with Crippen LogP contribution in [-0.4, -0.2) is 26.4 Å². The topological polar surface area (TPSA) is 18.5 Å². The Bertz CT molecular complexity index is 1920. The highest BCUT2D eigenvalue weighted by molar-refractivity contribution is 7.24. The molecule has 0 N–H and O–H groups in total. The SMILES string of the molecule is CC1(C)OB(c2cccc3c2-c2ccccc2[Si]3(c2cccc3ccccc23)c2cccc3ccccc23)OC1(C)C. The molecule has 2 nitrogen and oxygen atoms in total. The molecular formula is C38H33BO2Si. The van der Waals surface area contributed by atoms with E-state index in [2.05, 4.69) is 155 Å². The monoisotopic (exact) mass is 560 g/mol. The molecule has 6 aromatic carbocycles. The molecule has 0 radical (unpaired) electrons. The number of benzene rings is 6. The van der Waals surface area contributed by atoms with Crippen LogP contribution in [0.25, 0.3) is 32.7 Å². The third kappa shape index (κ3) is 3.40. The maximum Gasteiger partial charge on any atom is 0.495 e. The first kappa shape index (κ1) is 25.7. The fraction of sp³-hybridized carbons (Fsp3) is 0.158. The lowest BCUT2D eigenvalue weighted by Gasteiger charge is -2.33. The highest BCUT2D eigenvalue weighted by atomic mass is 28.3. The van der Waals surface area contributed by atoms with Crippen LogP contribution in [0.3, 0.4) is 0 Å². The second-order valence-corrected chi connectivity index (χ2v) is 16.4. The zero-order valence-corrected chi connectivity index (χ0v) is 25.5. The Morgan fingerprint density at radius 2 is 0.929 bits per heavy atom. The highest BCUT2D eigenvalue weighted by Gasteiger charge is 2.55. The van der Waals surface area contributed by atoms with Gasteiger partial charge < -0.3 is 9.31 Å². The predicted molar refractivity (Wildman–Crippen MR) is 180 cm³/mol. The van der Waals surface area contributed by atoms with Gasteiger partial charge in [-0.15, -0.1) is 0 Å². The average Bonchev–Trinajstić information content (AvgIpc) is 3.43. The summed E-state index contributed by atoms with van der Waals surface area (Å²) in [5.41, 5.74) is 2.86. The van der Waals surface area contributed by atoms with E-state index < -0.39 is 26.4 Å². The normalized spacial score (nSPS) is 17.9. The lowest BCUT2D eigenvalue weighted by atomic mass is 9.74. The summed E-state index contributed by atoms with van der Waals surface area (Å²) in [4.78, 5) is 0. The van der Waals surface area contributed by atoms with Crippen molar-refractivity contribution in [1.82, 2.24) is 0 Å². The minimum Gasteiger partial charge on any atom is -0.399 e. The van der Waals surface area contributed by atoms with Gasteiger partial charge in [0.1, 0.15) is 0 Å². The van der Waals surface area contributed by atoms with E-state index in [0.29, 0.717) is 0 Å². The summed E-state index contributed by atoms with van der Waals surface area (Å²) < 4.78 is 13.4. The molecule has 8 rings (SSSR count). The average molecular weight is 561 g/mol. The predicted octanol–water partition coefficient (Wildman–Crippen LogP) is 5.65. The van der Waals surface area contributed by atoms with Gasteiger partial charge in [0.2, 0.25) is 0 Å². The Hall–Kier alpha value is -3.96. The molecule has 0 amide bonds. The first-order chi connectivity index (χ1) is 20.3. The van der Waals surface area contributed by atoms with Crippen LogP contribution in [0.2, 0.25) is 0 Å². The molecule has 204 valence electrons. The quantitative estimate of drug-likeness (QED) is 0.260. The van der Waals surface area contributed by atoms with E-state index in [1.54, 1.807) is 0 Å². The summed E-state index contributed by atoms with van der Waals surface area (Å²) in [6.45, 7) is 8.54. The Morgan fingerprint density at radius 1 is 0.476 bits per heavy atom. The van der Waals surface area contributed by atoms with Gasteiger partial charge in [0.05, 0.1) is 11.2 Å². The standard InChI is InChI=1S/C38H33BO2Si/c1-37(2)38(3,4)41-39(40-37)31-21-13-25-35-36(31)30-20-9-10-22-34(30)42(35,32-23-11-16-26-14-5-7-18-28(26)32)33-24-12-17-27-15-6-8-19-29(27)33/h5-25H,1-4H3. The smallest absolute Gasteiger partial charge is 0.399 e. The van der Waals surface area contributed by atoms with E-state index in [1.807, 2.05) is 0 Å². The molecule has 0 aliphatic carbocycles. The number of fused-ring (bicyclic) bond motifs is 5. The van der Waals surface area contributed by atoms with E-state index in [9.17, 15) is 0 Å². The van der Waals surface area contributed by atoms with Gasteiger partial charge in [-0.1, -0.05) is 127 Å². The Labute approximate surface area is 249 Å². The molecule has 0 aromatic heterocycles. The van der Waals surface area contributed by atoms with Crippen molar-refractivity contribution in [3.63, 3.8) is 0 Å². The van der Waals surface area contributed by atoms with E-state index in [-0.39, 0.29) is 0 Å². The zero-order valence-electron chi connectivity index (χ0n) is 24.5. The van der Waals surface area contributed by atoms with Gasteiger partial charge in [0.15, 0.2) is 8.07 Å². The summed E-state index contributed by atoms with van der Waals surface area (Å²) >= 11 is 0. The summed E-state index contributed by atoms with van der Waals surface area (Å²) in [6.07, 6.45) is 0.